The van der Waals surface area contributed by atoms with Crippen molar-refractivity contribution < 1.29 is 69.5 Å². The fraction of sp³-hybridized carbons (Fsp3) is 1.00. The Bertz CT molecular complexity index is 374. The first-order valence-electron chi connectivity index (χ1n) is 10.6. The molecule has 0 saturated carbocycles. The van der Waals surface area contributed by atoms with Crippen molar-refractivity contribution in [3.8, 4) is 0 Å². The third kappa shape index (κ3) is 20.2. The molecule has 0 radical (unpaired) electrons. The van der Waals surface area contributed by atoms with Crippen LogP contribution in [0.15, 0.2) is 0 Å². The van der Waals surface area contributed by atoms with Gasteiger partial charge in [0.1, 0.15) is 0 Å². The first-order valence-corrected chi connectivity index (χ1v) is 12.0. The normalized spacial score (nSPS) is 12.7. The summed E-state index contributed by atoms with van der Waals surface area (Å²) in [6.07, 6.45) is 18.3. The van der Waals surface area contributed by atoms with Crippen LogP contribution in [-0.4, -0.2) is 29.9 Å². The van der Waals surface area contributed by atoms with Crippen molar-refractivity contribution in [2.45, 2.75) is 121 Å². The van der Waals surface area contributed by atoms with Gasteiger partial charge in [-0.2, -0.15) is 0 Å². The second kappa shape index (κ2) is 21.2. The van der Waals surface area contributed by atoms with Crippen molar-refractivity contribution in [2.24, 2.45) is 0 Å². The molecule has 0 aromatic carbocycles. The number of rotatable bonds is 19. The Morgan fingerprint density at radius 3 is 1.38 bits per heavy atom. The Hall–Kier alpha value is 1.51. The molecule has 1 atom stereocenters. The molecule has 0 aromatic rings. The average molecular weight is 417 g/mol. The van der Waals surface area contributed by atoms with Crippen LogP contribution in [0.5, 0.6) is 0 Å². The van der Waals surface area contributed by atoms with E-state index in [0.29, 0.717) is 19.4 Å². The number of hydrogen-bond donors (Lipinski definition) is 1. The summed E-state index contributed by atoms with van der Waals surface area (Å²) in [6.45, 7) is 2.35. The SMILES string of the molecule is CCCCC(CCCCCCCCCCCCCCCO)S(=O)(=O)[O-].[K+]. The summed E-state index contributed by atoms with van der Waals surface area (Å²) in [5.74, 6) is 0. The molecule has 1 N–H and O–H groups in total. The van der Waals surface area contributed by atoms with Crippen LogP contribution in [0, 0.1) is 0 Å². The predicted octanol–water partition coefficient (Wildman–Crippen LogP) is 2.55. The Balaban J connectivity index is 0. The molecule has 1 unspecified atom stereocenters. The smallest absolute Gasteiger partial charge is 0.748 e. The standard InChI is InChI=1S/C20H42O4S.K/c1-2-3-17-20(25(22,23)24)18-15-13-11-9-7-5-4-6-8-10-12-14-16-19-21;/h20-21H,2-19H2,1H3,(H,22,23,24);/q;+1/p-1. The van der Waals surface area contributed by atoms with E-state index in [4.69, 9.17) is 5.11 Å². The van der Waals surface area contributed by atoms with Gasteiger partial charge in [0, 0.05) is 11.9 Å². The zero-order valence-corrected chi connectivity index (χ0v) is 21.3. The summed E-state index contributed by atoms with van der Waals surface area (Å²) in [7, 11) is -4.12. The summed E-state index contributed by atoms with van der Waals surface area (Å²) in [5, 5.41) is 8.04. The maximum Gasteiger partial charge on any atom is 1.00 e. The molecule has 0 fully saturated rings. The minimum Gasteiger partial charge on any atom is -0.748 e. The van der Waals surface area contributed by atoms with Gasteiger partial charge < -0.3 is 9.66 Å². The van der Waals surface area contributed by atoms with E-state index in [-0.39, 0.29) is 51.4 Å². The van der Waals surface area contributed by atoms with E-state index in [0.717, 1.165) is 44.9 Å². The molecule has 0 aliphatic rings. The van der Waals surface area contributed by atoms with E-state index in [9.17, 15) is 13.0 Å². The van der Waals surface area contributed by atoms with Gasteiger partial charge in [-0.1, -0.05) is 96.8 Å². The van der Waals surface area contributed by atoms with Gasteiger partial charge in [-0.15, -0.1) is 0 Å². The Morgan fingerprint density at radius 1 is 0.692 bits per heavy atom. The first-order chi connectivity index (χ1) is 12.0. The molecule has 6 heteroatoms. The average Bonchev–Trinajstić information content (AvgIpc) is 2.56. The molecule has 0 aromatic heterocycles. The maximum atomic E-state index is 11.2. The predicted molar refractivity (Wildman–Crippen MR) is 105 cm³/mol. The fourth-order valence-electron chi connectivity index (χ4n) is 3.29. The van der Waals surface area contributed by atoms with Gasteiger partial charge in [0.15, 0.2) is 0 Å². The summed E-state index contributed by atoms with van der Waals surface area (Å²) in [4.78, 5) is 0. The molecule has 152 valence electrons. The Kier molecular flexibility index (Phi) is 24.2. The molecule has 4 nitrogen and oxygen atoms in total. The second-order valence-corrected chi connectivity index (χ2v) is 9.02. The minimum absolute atomic E-state index is 0. The van der Waals surface area contributed by atoms with E-state index >= 15 is 0 Å². The van der Waals surface area contributed by atoms with E-state index in [1.165, 1.54) is 51.4 Å². The van der Waals surface area contributed by atoms with Crippen molar-refractivity contribution >= 4 is 10.1 Å². The number of hydrogen-bond acceptors (Lipinski definition) is 4. The zero-order valence-electron chi connectivity index (χ0n) is 17.4. The van der Waals surface area contributed by atoms with Crippen molar-refractivity contribution in [3.63, 3.8) is 0 Å². The Morgan fingerprint density at radius 2 is 1.04 bits per heavy atom. The quantitative estimate of drug-likeness (QED) is 0.199. The summed E-state index contributed by atoms with van der Waals surface area (Å²) >= 11 is 0. The first kappa shape index (κ1) is 29.7. The van der Waals surface area contributed by atoms with Crippen molar-refractivity contribution in [1.82, 2.24) is 0 Å². The van der Waals surface area contributed by atoms with Crippen LogP contribution in [-0.2, 0) is 10.1 Å². The number of aliphatic hydroxyl groups is 1. The van der Waals surface area contributed by atoms with Gasteiger partial charge in [-0.25, -0.2) is 8.42 Å². The molecule has 0 saturated heterocycles. The number of unbranched alkanes of at least 4 members (excludes halogenated alkanes) is 13. The van der Waals surface area contributed by atoms with Gasteiger partial charge in [0.05, 0.1) is 10.1 Å². The van der Waals surface area contributed by atoms with Crippen LogP contribution in [0.3, 0.4) is 0 Å². The molecular formula is C20H41KO4S. The third-order valence-electron chi connectivity index (χ3n) is 4.97. The zero-order chi connectivity index (χ0) is 18.8. The summed E-state index contributed by atoms with van der Waals surface area (Å²) in [6, 6.07) is 0. The van der Waals surface area contributed by atoms with Crippen LogP contribution < -0.4 is 51.4 Å². The van der Waals surface area contributed by atoms with Crippen LogP contribution in [0.25, 0.3) is 0 Å². The van der Waals surface area contributed by atoms with Gasteiger partial charge in [0.2, 0.25) is 0 Å². The fourth-order valence-corrected chi connectivity index (χ4v) is 4.20. The molecule has 26 heavy (non-hydrogen) atoms. The van der Waals surface area contributed by atoms with E-state index < -0.39 is 15.4 Å². The van der Waals surface area contributed by atoms with Crippen LogP contribution in [0.2, 0.25) is 0 Å². The second-order valence-electron chi connectivity index (χ2n) is 7.37. The molecule has 0 rings (SSSR count). The van der Waals surface area contributed by atoms with Gasteiger partial charge >= 0.3 is 51.4 Å². The molecular weight excluding hydrogens is 375 g/mol. The Labute approximate surface area is 205 Å². The van der Waals surface area contributed by atoms with Crippen LogP contribution in [0.4, 0.5) is 0 Å². The third-order valence-corrected chi connectivity index (χ3v) is 6.26. The maximum absolute atomic E-state index is 11.2. The molecule has 0 aliphatic carbocycles. The van der Waals surface area contributed by atoms with Crippen molar-refractivity contribution in [2.75, 3.05) is 6.61 Å². The van der Waals surface area contributed by atoms with Gasteiger partial charge in [-0.05, 0) is 19.3 Å². The molecule has 0 aliphatic heterocycles. The van der Waals surface area contributed by atoms with Gasteiger partial charge in [0.25, 0.3) is 0 Å². The van der Waals surface area contributed by atoms with Gasteiger partial charge in [-0.3, -0.25) is 0 Å². The summed E-state index contributed by atoms with van der Waals surface area (Å²) < 4.78 is 33.7. The van der Waals surface area contributed by atoms with Crippen molar-refractivity contribution in [3.05, 3.63) is 0 Å². The topological polar surface area (TPSA) is 77.4 Å². The molecule has 0 heterocycles. The number of aliphatic hydroxyl groups excluding tert-OH is 1. The van der Waals surface area contributed by atoms with Crippen LogP contribution in [0.1, 0.15) is 116 Å². The van der Waals surface area contributed by atoms with E-state index in [1.807, 2.05) is 6.92 Å². The van der Waals surface area contributed by atoms with E-state index in [2.05, 4.69) is 0 Å². The monoisotopic (exact) mass is 416 g/mol. The largest absolute Gasteiger partial charge is 1.00 e. The minimum atomic E-state index is -4.12. The summed E-state index contributed by atoms with van der Waals surface area (Å²) in [5.41, 5.74) is 0. The molecule has 0 bridgehead atoms. The molecule has 0 amide bonds. The van der Waals surface area contributed by atoms with Crippen molar-refractivity contribution in [1.29, 1.82) is 0 Å². The van der Waals surface area contributed by atoms with E-state index in [1.54, 1.807) is 0 Å². The van der Waals surface area contributed by atoms with Crippen LogP contribution >= 0.6 is 0 Å². The molecule has 0 spiro atoms.